The Hall–Kier alpha value is -2.37. The van der Waals surface area contributed by atoms with Gasteiger partial charge in [-0.2, -0.15) is 9.97 Å². The Balaban J connectivity index is 1.34. The fraction of sp³-hybridized carbons (Fsp3) is 0.476. The van der Waals surface area contributed by atoms with Crippen molar-refractivity contribution in [2.75, 3.05) is 24.6 Å². The van der Waals surface area contributed by atoms with Crippen molar-refractivity contribution in [1.82, 2.24) is 19.5 Å². The molecule has 2 saturated heterocycles. The van der Waals surface area contributed by atoms with Gasteiger partial charge in [-0.25, -0.2) is 9.37 Å². The van der Waals surface area contributed by atoms with Crippen LogP contribution in [-0.2, 0) is 16.6 Å². The second-order valence-electron chi connectivity index (χ2n) is 8.77. The second-order valence-corrected chi connectivity index (χ2v) is 9.11. The summed E-state index contributed by atoms with van der Waals surface area (Å²) in [7, 11) is 0. The molecule has 4 atom stereocenters. The molecule has 0 amide bonds. The van der Waals surface area contributed by atoms with Crippen LogP contribution in [0.1, 0.15) is 23.8 Å². The molecule has 3 N–H and O–H groups in total. The van der Waals surface area contributed by atoms with E-state index in [1.807, 2.05) is 11.0 Å². The number of ether oxygens (including phenoxy) is 1. The van der Waals surface area contributed by atoms with Gasteiger partial charge in [-0.1, -0.05) is 12.1 Å². The topological polar surface area (TPSA) is 117 Å². The smallest absolute Gasteiger partial charge is 0.226 e. The molecular formula is C21H21ClFN5O4. The first-order valence-corrected chi connectivity index (χ1v) is 10.8. The number of halogens is 2. The van der Waals surface area contributed by atoms with Crippen LogP contribution in [-0.4, -0.2) is 72.8 Å². The van der Waals surface area contributed by atoms with Crippen LogP contribution in [0.4, 0.5) is 10.2 Å². The van der Waals surface area contributed by atoms with Crippen molar-refractivity contribution < 1.29 is 24.4 Å². The highest BCUT2D eigenvalue weighted by atomic mass is 35.5. The molecule has 0 radical (unpaired) electrons. The molecule has 0 saturated carbocycles. The number of nitrogens with zero attached hydrogens (tertiary/aromatic N) is 5. The molecule has 1 aliphatic carbocycles. The standard InChI is InChI=1S/C21H21ClFN5O4/c22-20-25-17(27-7-21(8-27)5-4-10-11(21)2-1-3-12(10)23)14-18(26-20)28(9-24-14)19-16(31)15(30)13(6-29)32-19/h1-3,9,13,15-16,19,29-31H,4-8H2/t13-,15?,16?,19-/m1/s1. The largest absolute Gasteiger partial charge is 0.394 e. The maximum Gasteiger partial charge on any atom is 0.226 e. The normalized spacial score (nSPS) is 28.5. The highest BCUT2D eigenvalue weighted by Gasteiger charge is 2.50. The fourth-order valence-electron chi connectivity index (χ4n) is 5.36. The molecule has 11 heteroatoms. The van der Waals surface area contributed by atoms with Crippen LogP contribution in [0.2, 0.25) is 5.28 Å². The number of aromatic nitrogens is 4. The van der Waals surface area contributed by atoms with Gasteiger partial charge in [0.25, 0.3) is 0 Å². The van der Waals surface area contributed by atoms with Crippen molar-refractivity contribution in [3.8, 4) is 0 Å². The van der Waals surface area contributed by atoms with E-state index >= 15 is 0 Å². The Morgan fingerprint density at radius 2 is 2.03 bits per heavy atom. The van der Waals surface area contributed by atoms with Gasteiger partial charge in [0.1, 0.15) is 24.1 Å². The number of fused-ring (bicyclic) bond motifs is 3. The number of aliphatic hydroxyl groups is 3. The van der Waals surface area contributed by atoms with Crippen LogP contribution >= 0.6 is 11.6 Å². The van der Waals surface area contributed by atoms with Gasteiger partial charge >= 0.3 is 0 Å². The van der Waals surface area contributed by atoms with Gasteiger partial charge in [-0.15, -0.1) is 0 Å². The molecule has 1 spiro atoms. The van der Waals surface area contributed by atoms with Gasteiger partial charge < -0.3 is 25.0 Å². The molecule has 168 valence electrons. The molecule has 9 nitrogen and oxygen atoms in total. The van der Waals surface area contributed by atoms with E-state index in [2.05, 4.69) is 15.0 Å². The fourth-order valence-corrected chi connectivity index (χ4v) is 5.52. The number of hydrogen-bond donors (Lipinski definition) is 3. The first-order valence-electron chi connectivity index (χ1n) is 10.5. The molecule has 2 aromatic heterocycles. The minimum absolute atomic E-state index is 0.0137. The first kappa shape index (κ1) is 20.3. The third-order valence-electron chi connectivity index (χ3n) is 7.00. The number of rotatable bonds is 3. The van der Waals surface area contributed by atoms with Crippen molar-refractivity contribution in [1.29, 1.82) is 0 Å². The Morgan fingerprint density at radius 3 is 2.78 bits per heavy atom. The molecule has 0 bridgehead atoms. The third kappa shape index (κ3) is 2.74. The first-order chi connectivity index (χ1) is 15.4. The van der Waals surface area contributed by atoms with E-state index in [0.717, 1.165) is 24.0 Å². The van der Waals surface area contributed by atoms with Crippen molar-refractivity contribution in [2.45, 2.75) is 42.8 Å². The molecule has 4 heterocycles. The van der Waals surface area contributed by atoms with Gasteiger partial charge in [0, 0.05) is 18.5 Å². The van der Waals surface area contributed by atoms with Crippen LogP contribution in [0.3, 0.4) is 0 Å². The second kappa shape index (κ2) is 7.06. The molecule has 2 fully saturated rings. The molecule has 1 aromatic carbocycles. The summed E-state index contributed by atoms with van der Waals surface area (Å²) in [4.78, 5) is 15.1. The molecule has 3 aliphatic rings. The van der Waals surface area contributed by atoms with Gasteiger partial charge in [0.15, 0.2) is 23.2 Å². The van der Waals surface area contributed by atoms with Crippen LogP contribution in [0, 0.1) is 5.82 Å². The SMILES string of the molecule is OC[C@H]1O[C@@H](n2cnc3c(N4CC5(CCc6c(F)cccc65)C4)nc(Cl)nc32)C(O)C1O. The van der Waals surface area contributed by atoms with E-state index in [4.69, 9.17) is 16.3 Å². The Labute approximate surface area is 187 Å². The van der Waals surface area contributed by atoms with E-state index in [1.54, 1.807) is 6.07 Å². The summed E-state index contributed by atoms with van der Waals surface area (Å²) in [6, 6.07) is 5.26. The molecule has 2 aliphatic heterocycles. The minimum Gasteiger partial charge on any atom is -0.394 e. The molecule has 32 heavy (non-hydrogen) atoms. The Morgan fingerprint density at radius 1 is 1.22 bits per heavy atom. The molecule has 2 unspecified atom stereocenters. The summed E-state index contributed by atoms with van der Waals surface area (Å²) in [5.41, 5.74) is 2.58. The summed E-state index contributed by atoms with van der Waals surface area (Å²) >= 11 is 6.23. The lowest BCUT2D eigenvalue weighted by Crippen LogP contribution is -2.58. The van der Waals surface area contributed by atoms with Crippen LogP contribution < -0.4 is 4.90 Å². The van der Waals surface area contributed by atoms with E-state index in [0.29, 0.717) is 30.1 Å². The number of aliphatic hydroxyl groups excluding tert-OH is 3. The van der Waals surface area contributed by atoms with Gasteiger partial charge in [-0.05, 0) is 41.6 Å². The van der Waals surface area contributed by atoms with Crippen molar-refractivity contribution in [3.05, 3.63) is 46.8 Å². The maximum absolute atomic E-state index is 14.2. The van der Waals surface area contributed by atoms with Gasteiger partial charge in [0.05, 0.1) is 12.9 Å². The zero-order chi connectivity index (χ0) is 22.2. The zero-order valence-electron chi connectivity index (χ0n) is 16.9. The molecule has 3 aromatic rings. The lowest BCUT2D eigenvalue weighted by molar-refractivity contribution is -0.0511. The van der Waals surface area contributed by atoms with E-state index in [1.165, 1.54) is 17.0 Å². The monoisotopic (exact) mass is 461 g/mol. The molecular weight excluding hydrogens is 441 g/mol. The summed E-state index contributed by atoms with van der Waals surface area (Å²) in [6.45, 7) is 0.888. The zero-order valence-corrected chi connectivity index (χ0v) is 17.7. The van der Waals surface area contributed by atoms with E-state index in [-0.39, 0.29) is 16.5 Å². The van der Waals surface area contributed by atoms with Gasteiger partial charge in [-0.3, -0.25) is 4.57 Å². The number of imidazole rings is 1. The van der Waals surface area contributed by atoms with Crippen molar-refractivity contribution in [3.63, 3.8) is 0 Å². The lowest BCUT2D eigenvalue weighted by Gasteiger charge is -2.49. The van der Waals surface area contributed by atoms with Crippen LogP contribution in [0.15, 0.2) is 24.5 Å². The van der Waals surface area contributed by atoms with Crippen molar-refractivity contribution in [2.24, 2.45) is 0 Å². The lowest BCUT2D eigenvalue weighted by atomic mass is 9.75. The highest BCUT2D eigenvalue weighted by Crippen LogP contribution is 2.48. The number of anilines is 1. The summed E-state index contributed by atoms with van der Waals surface area (Å²) in [5, 5.41) is 29.9. The van der Waals surface area contributed by atoms with E-state index < -0.39 is 31.1 Å². The van der Waals surface area contributed by atoms with Crippen LogP contribution in [0.5, 0.6) is 0 Å². The summed E-state index contributed by atoms with van der Waals surface area (Å²) < 4.78 is 21.3. The maximum atomic E-state index is 14.2. The highest BCUT2D eigenvalue weighted by molar-refractivity contribution is 6.28. The predicted molar refractivity (Wildman–Crippen MR) is 112 cm³/mol. The Kier molecular flexibility index (Phi) is 4.47. The summed E-state index contributed by atoms with van der Waals surface area (Å²) in [5.74, 6) is 0.406. The number of hydrogen-bond acceptors (Lipinski definition) is 8. The predicted octanol–water partition coefficient (Wildman–Crippen LogP) is 0.934. The van der Waals surface area contributed by atoms with E-state index in [9.17, 15) is 19.7 Å². The quantitative estimate of drug-likeness (QED) is 0.493. The van der Waals surface area contributed by atoms with Crippen LogP contribution in [0.25, 0.3) is 11.2 Å². The Bertz CT molecular complexity index is 1220. The minimum atomic E-state index is -1.26. The van der Waals surface area contributed by atoms with Crippen molar-refractivity contribution >= 4 is 28.6 Å². The third-order valence-corrected chi connectivity index (χ3v) is 7.17. The average Bonchev–Trinajstić information content (AvgIpc) is 3.42. The van der Waals surface area contributed by atoms with Gasteiger partial charge in [0.2, 0.25) is 5.28 Å². The molecule has 6 rings (SSSR count). The number of benzene rings is 1. The summed E-state index contributed by atoms with van der Waals surface area (Å²) in [6.07, 6.45) is -1.35. The average molecular weight is 462 g/mol.